The van der Waals surface area contributed by atoms with Gasteiger partial charge in [-0.25, -0.2) is 8.42 Å². The van der Waals surface area contributed by atoms with Crippen molar-refractivity contribution in [2.24, 2.45) is 0 Å². The number of hydrogen-bond donors (Lipinski definition) is 0. The van der Waals surface area contributed by atoms with Crippen LogP contribution in [0, 0.1) is 0 Å². The summed E-state index contributed by atoms with van der Waals surface area (Å²) in [5, 5.41) is 1.78. The minimum atomic E-state index is -3.39. The van der Waals surface area contributed by atoms with Crippen LogP contribution in [-0.4, -0.2) is 32.4 Å². The molecule has 1 aromatic heterocycles. The molecule has 1 aromatic carbocycles. The van der Waals surface area contributed by atoms with Gasteiger partial charge in [0.15, 0.2) is 0 Å². The summed E-state index contributed by atoms with van der Waals surface area (Å²) in [6.07, 6.45) is -0.195. The Hall–Kier alpha value is -1.21. The van der Waals surface area contributed by atoms with Crippen molar-refractivity contribution in [3.05, 3.63) is 53.4 Å². The first-order valence-corrected chi connectivity index (χ1v) is 8.70. The predicted molar refractivity (Wildman–Crippen MR) is 78.2 cm³/mol. The number of hydrogen-bond acceptors (Lipinski definition) is 4. The Labute approximate surface area is 122 Å². The fraction of sp³-hybridized carbons (Fsp3) is 0.286. The van der Waals surface area contributed by atoms with Crippen molar-refractivity contribution in [3.8, 4) is 0 Å². The van der Waals surface area contributed by atoms with Gasteiger partial charge in [-0.05, 0) is 17.0 Å². The van der Waals surface area contributed by atoms with E-state index in [-0.39, 0.29) is 6.10 Å². The highest BCUT2D eigenvalue weighted by atomic mass is 32.2. The molecule has 1 aliphatic rings. The number of sulfonamides is 1. The second kappa shape index (κ2) is 5.65. The quantitative estimate of drug-likeness (QED) is 0.875. The number of rotatable bonds is 3. The van der Waals surface area contributed by atoms with Crippen molar-refractivity contribution in [1.82, 2.24) is 4.31 Å². The second-order valence-electron chi connectivity index (χ2n) is 4.57. The summed E-state index contributed by atoms with van der Waals surface area (Å²) in [5.41, 5.74) is 1.01. The molecule has 106 valence electrons. The van der Waals surface area contributed by atoms with Crippen LogP contribution in [0.1, 0.15) is 11.7 Å². The number of nitrogens with zero attached hydrogens (tertiary/aromatic N) is 1. The van der Waals surface area contributed by atoms with Crippen LogP contribution in [0.3, 0.4) is 0 Å². The predicted octanol–water partition coefficient (Wildman–Crippen LogP) is 2.51. The number of thiophene rings is 1. The molecule has 0 radical (unpaired) electrons. The van der Waals surface area contributed by atoms with E-state index in [4.69, 9.17) is 4.74 Å². The zero-order valence-corrected chi connectivity index (χ0v) is 12.4. The Morgan fingerprint density at radius 1 is 1.15 bits per heavy atom. The molecule has 1 fully saturated rings. The van der Waals surface area contributed by atoms with Gasteiger partial charge in [-0.3, -0.25) is 0 Å². The van der Waals surface area contributed by atoms with Crippen LogP contribution in [0.2, 0.25) is 0 Å². The molecule has 6 heteroatoms. The summed E-state index contributed by atoms with van der Waals surface area (Å²) in [7, 11) is -3.39. The molecule has 0 bridgehead atoms. The monoisotopic (exact) mass is 309 g/mol. The van der Waals surface area contributed by atoms with Gasteiger partial charge in [0, 0.05) is 13.1 Å². The highest BCUT2D eigenvalue weighted by Gasteiger charge is 2.31. The summed E-state index contributed by atoms with van der Waals surface area (Å²) >= 11 is 1.25. The smallest absolute Gasteiger partial charge is 0.252 e. The first kappa shape index (κ1) is 13.8. The molecule has 4 nitrogen and oxygen atoms in total. The van der Waals surface area contributed by atoms with Crippen LogP contribution in [-0.2, 0) is 14.8 Å². The van der Waals surface area contributed by atoms with Gasteiger partial charge in [-0.2, -0.15) is 4.31 Å². The molecule has 0 unspecified atom stereocenters. The third-order valence-corrected chi connectivity index (χ3v) is 6.53. The first-order valence-electron chi connectivity index (χ1n) is 6.38. The van der Waals surface area contributed by atoms with Crippen molar-refractivity contribution in [3.63, 3.8) is 0 Å². The Morgan fingerprint density at radius 3 is 2.65 bits per heavy atom. The fourth-order valence-corrected chi connectivity index (χ4v) is 4.82. The van der Waals surface area contributed by atoms with E-state index in [0.29, 0.717) is 23.9 Å². The molecule has 0 aliphatic carbocycles. The summed E-state index contributed by atoms with van der Waals surface area (Å²) in [6.45, 7) is 1.19. The molecule has 0 spiro atoms. The third kappa shape index (κ3) is 2.64. The zero-order valence-electron chi connectivity index (χ0n) is 10.8. The van der Waals surface area contributed by atoms with Crippen LogP contribution in [0.5, 0.6) is 0 Å². The molecule has 2 heterocycles. The topological polar surface area (TPSA) is 46.6 Å². The normalized spacial score (nSPS) is 20.9. The van der Waals surface area contributed by atoms with Crippen molar-refractivity contribution >= 4 is 21.4 Å². The van der Waals surface area contributed by atoms with E-state index >= 15 is 0 Å². The maximum absolute atomic E-state index is 12.5. The molecule has 2 aromatic rings. The standard InChI is InChI=1S/C14H15NO3S2/c16-20(17,14-7-4-10-19-14)15-8-9-18-13(11-15)12-5-2-1-3-6-12/h1-7,10,13H,8-9,11H2/t13-/m1/s1. The van der Waals surface area contributed by atoms with Crippen molar-refractivity contribution in [2.75, 3.05) is 19.7 Å². The molecule has 3 rings (SSSR count). The van der Waals surface area contributed by atoms with Gasteiger partial charge in [0.25, 0.3) is 10.0 Å². The lowest BCUT2D eigenvalue weighted by molar-refractivity contribution is -0.00249. The maximum Gasteiger partial charge on any atom is 0.252 e. The summed E-state index contributed by atoms with van der Waals surface area (Å²) in [5.74, 6) is 0. The van der Waals surface area contributed by atoms with Gasteiger partial charge in [-0.1, -0.05) is 36.4 Å². The van der Waals surface area contributed by atoms with Crippen molar-refractivity contribution < 1.29 is 13.2 Å². The lowest BCUT2D eigenvalue weighted by atomic mass is 10.1. The Balaban J connectivity index is 1.83. The highest BCUT2D eigenvalue weighted by molar-refractivity contribution is 7.91. The summed E-state index contributed by atoms with van der Waals surface area (Å²) in [6, 6.07) is 13.1. The van der Waals surface area contributed by atoms with E-state index in [9.17, 15) is 8.42 Å². The van der Waals surface area contributed by atoms with Crippen molar-refractivity contribution in [1.29, 1.82) is 0 Å². The van der Waals surface area contributed by atoms with E-state index in [0.717, 1.165) is 5.56 Å². The molecule has 1 saturated heterocycles. The lowest BCUT2D eigenvalue weighted by Crippen LogP contribution is -2.41. The largest absolute Gasteiger partial charge is 0.371 e. The van der Waals surface area contributed by atoms with Gasteiger partial charge in [0.2, 0.25) is 0 Å². The first-order chi connectivity index (χ1) is 9.68. The highest BCUT2D eigenvalue weighted by Crippen LogP contribution is 2.27. The van der Waals surface area contributed by atoms with Crippen LogP contribution in [0.15, 0.2) is 52.1 Å². The van der Waals surface area contributed by atoms with E-state index < -0.39 is 10.0 Å². The zero-order chi connectivity index (χ0) is 14.0. The average molecular weight is 309 g/mol. The molecular weight excluding hydrogens is 294 g/mol. The molecule has 0 N–H and O–H groups in total. The number of benzene rings is 1. The Kier molecular flexibility index (Phi) is 3.89. The third-order valence-electron chi connectivity index (χ3n) is 3.29. The fourth-order valence-electron chi connectivity index (χ4n) is 2.25. The van der Waals surface area contributed by atoms with Gasteiger partial charge in [0.1, 0.15) is 4.21 Å². The second-order valence-corrected chi connectivity index (χ2v) is 7.68. The minimum absolute atomic E-state index is 0.195. The summed E-state index contributed by atoms with van der Waals surface area (Å²) in [4.78, 5) is 0. The maximum atomic E-state index is 12.5. The van der Waals surface area contributed by atoms with E-state index in [2.05, 4.69) is 0 Å². The Bertz CT molecular complexity index is 653. The minimum Gasteiger partial charge on any atom is -0.371 e. The van der Waals surface area contributed by atoms with Crippen LogP contribution >= 0.6 is 11.3 Å². The van der Waals surface area contributed by atoms with Crippen LogP contribution in [0.4, 0.5) is 0 Å². The Morgan fingerprint density at radius 2 is 1.95 bits per heavy atom. The van der Waals surface area contributed by atoms with Gasteiger partial charge >= 0.3 is 0 Å². The van der Waals surface area contributed by atoms with Gasteiger partial charge in [0.05, 0.1) is 12.7 Å². The SMILES string of the molecule is O=S(=O)(c1cccs1)N1CCO[C@@H](c2ccccc2)C1. The van der Waals surface area contributed by atoms with Gasteiger partial charge < -0.3 is 4.74 Å². The molecule has 20 heavy (non-hydrogen) atoms. The number of morpholine rings is 1. The molecule has 1 aliphatic heterocycles. The molecular formula is C14H15NO3S2. The van der Waals surface area contributed by atoms with E-state index in [1.165, 1.54) is 15.6 Å². The molecule has 1 atom stereocenters. The summed E-state index contributed by atoms with van der Waals surface area (Å²) < 4.78 is 32.6. The lowest BCUT2D eigenvalue weighted by Gasteiger charge is -2.32. The van der Waals surface area contributed by atoms with Crippen LogP contribution < -0.4 is 0 Å². The average Bonchev–Trinajstić information content (AvgIpc) is 3.03. The van der Waals surface area contributed by atoms with E-state index in [1.54, 1.807) is 17.5 Å². The van der Waals surface area contributed by atoms with Crippen LogP contribution in [0.25, 0.3) is 0 Å². The molecule has 0 saturated carbocycles. The van der Waals surface area contributed by atoms with Gasteiger partial charge in [-0.15, -0.1) is 11.3 Å². The van der Waals surface area contributed by atoms with Crippen molar-refractivity contribution in [2.45, 2.75) is 10.3 Å². The van der Waals surface area contributed by atoms with E-state index in [1.807, 2.05) is 30.3 Å². The number of ether oxygens (including phenoxy) is 1. The molecule has 0 amide bonds.